The van der Waals surface area contributed by atoms with E-state index >= 15 is 0 Å². The number of hydrogen-bond donors (Lipinski definition) is 1. The second-order valence-corrected chi connectivity index (χ2v) is 3.22. The van der Waals surface area contributed by atoms with Crippen LogP contribution >= 0.6 is 15.9 Å². The summed E-state index contributed by atoms with van der Waals surface area (Å²) in [7, 11) is 0. The molecular formula is C9H4BrNO3. The van der Waals surface area contributed by atoms with Crippen LogP contribution in [0, 0.1) is 11.3 Å². The number of carboxylic acids is 1. The topological polar surface area (TPSA) is 78.2 Å². The van der Waals surface area contributed by atoms with Gasteiger partial charge in [-0.3, -0.25) is 4.79 Å². The van der Waals surface area contributed by atoms with Gasteiger partial charge < -0.3 is 5.11 Å². The number of carboxylic acid groups (broad SMARTS) is 1. The van der Waals surface area contributed by atoms with Crippen LogP contribution in [-0.4, -0.2) is 17.4 Å². The maximum absolute atomic E-state index is 10.8. The molecule has 1 aromatic carbocycles. The Balaban J connectivity index is 3.56. The minimum absolute atomic E-state index is 0.0231. The Morgan fingerprint density at radius 3 is 2.64 bits per heavy atom. The van der Waals surface area contributed by atoms with Crippen molar-refractivity contribution >= 4 is 28.2 Å². The summed E-state index contributed by atoms with van der Waals surface area (Å²) in [5, 5.41) is 17.4. The van der Waals surface area contributed by atoms with Crippen molar-refractivity contribution in [2.45, 2.75) is 0 Å². The molecule has 14 heavy (non-hydrogen) atoms. The molecule has 0 amide bonds. The van der Waals surface area contributed by atoms with Crippen molar-refractivity contribution in [3.05, 3.63) is 33.3 Å². The Labute approximate surface area is 87.9 Å². The molecule has 0 saturated heterocycles. The fourth-order valence-electron chi connectivity index (χ4n) is 0.985. The molecule has 0 aliphatic carbocycles. The van der Waals surface area contributed by atoms with Crippen molar-refractivity contribution in [3.8, 4) is 6.07 Å². The molecule has 0 radical (unpaired) electrons. The summed E-state index contributed by atoms with van der Waals surface area (Å²) < 4.78 is 0.138. The summed E-state index contributed by atoms with van der Waals surface area (Å²) in [6.45, 7) is 0. The number of rotatable bonds is 2. The number of carbonyl (C=O) groups is 2. The molecule has 1 rings (SSSR count). The SMILES string of the molecule is N#Cc1ccc(C=O)c(Br)c1C(=O)O. The lowest BCUT2D eigenvalue weighted by Gasteiger charge is -2.03. The number of aromatic carboxylic acids is 1. The molecule has 4 nitrogen and oxygen atoms in total. The second kappa shape index (κ2) is 4.03. The molecule has 0 bridgehead atoms. The third-order valence-electron chi connectivity index (χ3n) is 1.63. The Hall–Kier alpha value is -1.67. The molecule has 0 aromatic heterocycles. The Kier molecular flexibility index (Phi) is 2.99. The van der Waals surface area contributed by atoms with Crippen LogP contribution in [0.5, 0.6) is 0 Å². The number of carbonyl (C=O) groups excluding carboxylic acids is 1. The van der Waals surface area contributed by atoms with E-state index in [4.69, 9.17) is 10.4 Å². The van der Waals surface area contributed by atoms with Crippen LogP contribution in [0.3, 0.4) is 0 Å². The summed E-state index contributed by atoms with van der Waals surface area (Å²) in [6.07, 6.45) is 0.525. The van der Waals surface area contributed by atoms with Gasteiger partial charge in [-0.05, 0) is 28.1 Å². The van der Waals surface area contributed by atoms with Crippen LogP contribution in [0.2, 0.25) is 0 Å². The van der Waals surface area contributed by atoms with E-state index in [1.165, 1.54) is 12.1 Å². The van der Waals surface area contributed by atoms with Gasteiger partial charge in [0.25, 0.3) is 0 Å². The molecule has 0 aliphatic heterocycles. The number of benzene rings is 1. The predicted molar refractivity (Wildman–Crippen MR) is 51.2 cm³/mol. The van der Waals surface area contributed by atoms with Gasteiger partial charge in [0, 0.05) is 10.0 Å². The van der Waals surface area contributed by atoms with Gasteiger partial charge in [-0.1, -0.05) is 0 Å². The average molecular weight is 254 g/mol. The molecule has 0 atom stereocenters. The van der Waals surface area contributed by atoms with E-state index in [1.807, 2.05) is 0 Å². The molecule has 1 aromatic rings. The van der Waals surface area contributed by atoms with E-state index in [2.05, 4.69) is 15.9 Å². The van der Waals surface area contributed by atoms with E-state index < -0.39 is 5.97 Å². The molecule has 0 fully saturated rings. The van der Waals surface area contributed by atoms with E-state index in [0.29, 0.717) is 6.29 Å². The van der Waals surface area contributed by atoms with Gasteiger partial charge >= 0.3 is 5.97 Å². The van der Waals surface area contributed by atoms with Crippen LogP contribution < -0.4 is 0 Å². The van der Waals surface area contributed by atoms with Crippen molar-refractivity contribution in [3.63, 3.8) is 0 Å². The van der Waals surface area contributed by atoms with Crippen LogP contribution in [0.25, 0.3) is 0 Å². The zero-order valence-corrected chi connectivity index (χ0v) is 8.41. The number of hydrogen-bond acceptors (Lipinski definition) is 3. The minimum Gasteiger partial charge on any atom is -0.478 e. The van der Waals surface area contributed by atoms with Crippen molar-refractivity contribution < 1.29 is 14.7 Å². The van der Waals surface area contributed by atoms with Crippen LogP contribution in [-0.2, 0) is 0 Å². The zero-order chi connectivity index (χ0) is 10.7. The lowest BCUT2D eigenvalue weighted by molar-refractivity contribution is 0.0695. The second-order valence-electron chi connectivity index (χ2n) is 2.43. The van der Waals surface area contributed by atoms with Gasteiger partial charge in [0.15, 0.2) is 6.29 Å². The number of aldehydes is 1. The summed E-state index contributed by atoms with van der Waals surface area (Å²) >= 11 is 2.97. The number of nitriles is 1. The highest BCUT2D eigenvalue weighted by Crippen LogP contribution is 2.23. The Bertz CT molecular complexity index is 448. The number of halogens is 1. The maximum Gasteiger partial charge on any atom is 0.338 e. The summed E-state index contributed by atoms with van der Waals surface area (Å²) in [4.78, 5) is 21.3. The molecule has 0 aliphatic rings. The molecule has 0 heterocycles. The Morgan fingerprint density at radius 1 is 1.57 bits per heavy atom. The van der Waals surface area contributed by atoms with E-state index in [-0.39, 0.29) is 21.2 Å². The third kappa shape index (κ3) is 1.65. The summed E-state index contributed by atoms with van der Waals surface area (Å²) in [6, 6.07) is 4.44. The van der Waals surface area contributed by atoms with Crippen LogP contribution in [0.4, 0.5) is 0 Å². The predicted octanol–water partition coefficient (Wildman–Crippen LogP) is 1.83. The third-order valence-corrected chi connectivity index (χ3v) is 2.49. The minimum atomic E-state index is -1.24. The first-order valence-corrected chi connectivity index (χ1v) is 4.32. The highest BCUT2D eigenvalue weighted by molar-refractivity contribution is 9.10. The highest BCUT2D eigenvalue weighted by Gasteiger charge is 2.16. The first kappa shape index (κ1) is 10.4. The van der Waals surface area contributed by atoms with Crippen molar-refractivity contribution in [2.24, 2.45) is 0 Å². The highest BCUT2D eigenvalue weighted by atomic mass is 79.9. The molecule has 70 valence electrons. The van der Waals surface area contributed by atoms with Crippen molar-refractivity contribution in [1.29, 1.82) is 5.26 Å². The smallest absolute Gasteiger partial charge is 0.338 e. The lowest BCUT2D eigenvalue weighted by atomic mass is 10.1. The molecule has 0 unspecified atom stereocenters. The van der Waals surface area contributed by atoms with E-state index in [9.17, 15) is 9.59 Å². The molecular weight excluding hydrogens is 250 g/mol. The quantitative estimate of drug-likeness (QED) is 0.816. The summed E-state index contributed by atoms with van der Waals surface area (Å²) in [5.74, 6) is -1.24. The van der Waals surface area contributed by atoms with Gasteiger partial charge in [-0.15, -0.1) is 0 Å². The fraction of sp³-hybridized carbons (Fsp3) is 0. The van der Waals surface area contributed by atoms with E-state index in [0.717, 1.165) is 0 Å². The van der Waals surface area contributed by atoms with Crippen molar-refractivity contribution in [2.75, 3.05) is 0 Å². The molecule has 0 saturated carbocycles. The van der Waals surface area contributed by atoms with Gasteiger partial charge in [0.1, 0.15) is 6.07 Å². The first-order valence-electron chi connectivity index (χ1n) is 3.53. The van der Waals surface area contributed by atoms with Gasteiger partial charge in [-0.25, -0.2) is 4.79 Å². The summed E-state index contributed by atoms with van der Waals surface area (Å²) in [5.41, 5.74) is 0.0495. The maximum atomic E-state index is 10.8. The molecule has 0 spiro atoms. The monoisotopic (exact) mass is 253 g/mol. The van der Waals surface area contributed by atoms with Crippen LogP contribution in [0.15, 0.2) is 16.6 Å². The molecule has 5 heteroatoms. The van der Waals surface area contributed by atoms with Gasteiger partial charge in [0.05, 0.1) is 11.1 Å². The van der Waals surface area contributed by atoms with Crippen molar-refractivity contribution in [1.82, 2.24) is 0 Å². The Morgan fingerprint density at radius 2 is 2.21 bits per heavy atom. The van der Waals surface area contributed by atoms with Gasteiger partial charge in [-0.2, -0.15) is 5.26 Å². The van der Waals surface area contributed by atoms with Crippen LogP contribution in [0.1, 0.15) is 26.3 Å². The fourth-order valence-corrected chi connectivity index (χ4v) is 1.59. The van der Waals surface area contributed by atoms with E-state index in [1.54, 1.807) is 6.07 Å². The molecule has 1 N–H and O–H groups in total. The lowest BCUT2D eigenvalue weighted by Crippen LogP contribution is -2.03. The zero-order valence-electron chi connectivity index (χ0n) is 6.82. The largest absolute Gasteiger partial charge is 0.478 e. The first-order chi connectivity index (χ1) is 6.61. The standard InChI is InChI=1S/C9H4BrNO3/c10-8-6(4-12)2-1-5(3-11)7(8)9(13)14/h1-2,4H,(H,13,14). The average Bonchev–Trinajstić information content (AvgIpc) is 2.16. The normalized spacial score (nSPS) is 9.14. The number of nitrogens with zero attached hydrogens (tertiary/aromatic N) is 1. The van der Waals surface area contributed by atoms with Gasteiger partial charge in [0.2, 0.25) is 0 Å².